The number of hydrogen-bond acceptors (Lipinski definition) is 2. The second kappa shape index (κ2) is 3.54. The van der Waals surface area contributed by atoms with Gasteiger partial charge in [0.1, 0.15) is 0 Å². The van der Waals surface area contributed by atoms with Gasteiger partial charge in [-0.25, -0.2) is 4.79 Å². The summed E-state index contributed by atoms with van der Waals surface area (Å²) in [5.41, 5.74) is 0. The average molecular weight is 184 g/mol. The topological polar surface area (TPSA) is 52.6 Å². The molecule has 2 rings (SSSR count). The summed E-state index contributed by atoms with van der Waals surface area (Å²) >= 11 is 0. The van der Waals surface area contributed by atoms with Crippen LogP contribution in [-0.4, -0.2) is 42.3 Å². The van der Waals surface area contributed by atoms with E-state index in [1.54, 1.807) is 4.90 Å². The molecule has 13 heavy (non-hydrogen) atoms. The van der Waals surface area contributed by atoms with Crippen LogP contribution in [0.4, 0.5) is 4.79 Å². The van der Waals surface area contributed by atoms with E-state index in [9.17, 15) is 4.79 Å². The summed E-state index contributed by atoms with van der Waals surface area (Å²) in [7, 11) is 0. The number of rotatable bonds is 1. The molecule has 2 aliphatic heterocycles. The van der Waals surface area contributed by atoms with Crippen LogP contribution in [0.25, 0.3) is 0 Å². The fourth-order valence-electron chi connectivity index (χ4n) is 2.43. The third-order valence-electron chi connectivity index (χ3n) is 3.26. The molecule has 1 amide bonds. The predicted molar refractivity (Wildman–Crippen MR) is 48.7 cm³/mol. The molecule has 4 heteroatoms. The maximum atomic E-state index is 10.7. The molecule has 0 saturated carbocycles. The second-order valence-corrected chi connectivity index (χ2v) is 4.03. The van der Waals surface area contributed by atoms with Gasteiger partial charge in [0.2, 0.25) is 0 Å². The molecule has 0 aromatic heterocycles. The smallest absolute Gasteiger partial charge is 0.407 e. The molecular weight excluding hydrogens is 168 g/mol. The van der Waals surface area contributed by atoms with Gasteiger partial charge in [-0.2, -0.15) is 0 Å². The molecule has 74 valence electrons. The Bertz CT molecular complexity index is 202. The number of hydrogen-bond donors (Lipinski definition) is 2. The predicted octanol–water partition coefficient (Wildman–Crippen LogP) is 0.596. The first-order valence-electron chi connectivity index (χ1n) is 4.96. The number of nitrogens with one attached hydrogen (secondary N) is 1. The average Bonchev–Trinajstić information content (AvgIpc) is 2.75. The van der Waals surface area contributed by atoms with Gasteiger partial charge in [0.05, 0.1) is 0 Å². The van der Waals surface area contributed by atoms with Crippen LogP contribution in [0, 0.1) is 11.8 Å². The molecule has 2 saturated heterocycles. The van der Waals surface area contributed by atoms with Crippen molar-refractivity contribution in [2.24, 2.45) is 11.8 Å². The van der Waals surface area contributed by atoms with Gasteiger partial charge in [0.25, 0.3) is 0 Å². The molecule has 2 aliphatic rings. The third kappa shape index (κ3) is 1.77. The number of nitrogens with zero attached hydrogens (tertiary/aromatic N) is 1. The zero-order valence-corrected chi connectivity index (χ0v) is 7.70. The van der Waals surface area contributed by atoms with Crippen LogP contribution in [0.5, 0.6) is 0 Å². The van der Waals surface area contributed by atoms with Crippen LogP contribution in [0.15, 0.2) is 0 Å². The van der Waals surface area contributed by atoms with E-state index in [1.165, 1.54) is 6.42 Å². The van der Waals surface area contributed by atoms with Gasteiger partial charge >= 0.3 is 6.09 Å². The Balaban J connectivity index is 1.86. The quantitative estimate of drug-likeness (QED) is 0.627. The Morgan fingerprint density at radius 2 is 2.23 bits per heavy atom. The number of likely N-dealkylation sites (tertiary alicyclic amines) is 1. The van der Waals surface area contributed by atoms with Gasteiger partial charge < -0.3 is 15.3 Å². The highest BCUT2D eigenvalue weighted by molar-refractivity contribution is 5.65. The standard InChI is InChI=1S/C9H16N2O2/c12-9(13)11-4-2-8(6-11)7-1-3-10-5-7/h7-8,10H,1-6H2,(H,12,13). The number of carbonyl (C=O) groups is 1. The molecule has 0 aromatic rings. The van der Waals surface area contributed by atoms with Crippen LogP contribution in [-0.2, 0) is 0 Å². The summed E-state index contributed by atoms with van der Waals surface area (Å²) in [6.07, 6.45) is 1.52. The van der Waals surface area contributed by atoms with E-state index in [0.29, 0.717) is 11.8 Å². The van der Waals surface area contributed by atoms with Crippen molar-refractivity contribution in [3.63, 3.8) is 0 Å². The normalized spacial score (nSPS) is 34.0. The van der Waals surface area contributed by atoms with Gasteiger partial charge in [-0.05, 0) is 37.8 Å². The maximum Gasteiger partial charge on any atom is 0.407 e. The van der Waals surface area contributed by atoms with Crippen molar-refractivity contribution in [1.29, 1.82) is 0 Å². The Kier molecular flexibility index (Phi) is 2.40. The summed E-state index contributed by atoms with van der Waals surface area (Å²) in [5, 5.41) is 12.1. The Hall–Kier alpha value is -0.770. The molecule has 0 spiro atoms. The minimum absolute atomic E-state index is 0.603. The second-order valence-electron chi connectivity index (χ2n) is 4.03. The first-order chi connectivity index (χ1) is 6.27. The maximum absolute atomic E-state index is 10.7. The van der Waals surface area contributed by atoms with Crippen molar-refractivity contribution >= 4 is 6.09 Å². The van der Waals surface area contributed by atoms with Crippen molar-refractivity contribution in [2.45, 2.75) is 12.8 Å². The lowest BCUT2D eigenvalue weighted by Gasteiger charge is -2.17. The highest BCUT2D eigenvalue weighted by Gasteiger charge is 2.32. The summed E-state index contributed by atoms with van der Waals surface area (Å²) in [4.78, 5) is 12.2. The largest absolute Gasteiger partial charge is 0.465 e. The van der Waals surface area contributed by atoms with E-state index in [-0.39, 0.29) is 0 Å². The van der Waals surface area contributed by atoms with Crippen molar-refractivity contribution in [2.75, 3.05) is 26.2 Å². The van der Waals surface area contributed by atoms with E-state index in [1.807, 2.05) is 0 Å². The van der Waals surface area contributed by atoms with Crippen molar-refractivity contribution < 1.29 is 9.90 Å². The Labute approximate surface area is 77.9 Å². The SMILES string of the molecule is O=C(O)N1CCC(C2CCNC2)C1. The van der Waals surface area contributed by atoms with Gasteiger partial charge in [0, 0.05) is 13.1 Å². The van der Waals surface area contributed by atoms with E-state index < -0.39 is 6.09 Å². The zero-order chi connectivity index (χ0) is 9.26. The minimum Gasteiger partial charge on any atom is -0.465 e. The van der Waals surface area contributed by atoms with E-state index in [2.05, 4.69) is 5.32 Å². The summed E-state index contributed by atoms with van der Waals surface area (Å²) in [6, 6.07) is 0. The minimum atomic E-state index is -0.756. The Morgan fingerprint density at radius 3 is 2.77 bits per heavy atom. The monoisotopic (exact) mass is 184 g/mol. The fourth-order valence-corrected chi connectivity index (χ4v) is 2.43. The Morgan fingerprint density at radius 1 is 1.38 bits per heavy atom. The molecule has 0 aliphatic carbocycles. The van der Waals surface area contributed by atoms with E-state index >= 15 is 0 Å². The van der Waals surface area contributed by atoms with Gasteiger partial charge in [0.15, 0.2) is 0 Å². The first kappa shape index (κ1) is 8.81. The van der Waals surface area contributed by atoms with Crippen molar-refractivity contribution in [3.05, 3.63) is 0 Å². The lowest BCUT2D eigenvalue weighted by atomic mass is 9.91. The lowest BCUT2D eigenvalue weighted by molar-refractivity contribution is 0.152. The van der Waals surface area contributed by atoms with E-state index in [4.69, 9.17) is 5.11 Å². The summed E-state index contributed by atoms with van der Waals surface area (Å²) in [5.74, 6) is 1.32. The van der Waals surface area contributed by atoms with Crippen LogP contribution in [0.3, 0.4) is 0 Å². The van der Waals surface area contributed by atoms with Crippen molar-refractivity contribution in [3.8, 4) is 0 Å². The highest BCUT2D eigenvalue weighted by atomic mass is 16.4. The number of carboxylic acid groups (broad SMARTS) is 1. The molecule has 0 bridgehead atoms. The molecule has 2 N–H and O–H groups in total. The van der Waals surface area contributed by atoms with Crippen LogP contribution >= 0.6 is 0 Å². The molecule has 2 fully saturated rings. The zero-order valence-electron chi connectivity index (χ0n) is 7.70. The molecule has 0 aromatic carbocycles. The molecule has 0 radical (unpaired) electrons. The van der Waals surface area contributed by atoms with Crippen LogP contribution in [0.1, 0.15) is 12.8 Å². The molecule has 2 unspecified atom stereocenters. The van der Waals surface area contributed by atoms with Crippen LogP contribution in [0.2, 0.25) is 0 Å². The molecule has 2 heterocycles. The highest BCUT2D eigenvalue weighted by Crippen LogP contribution is 2.27. The van der Waals surface area contributed by atoms with Gasteiger partial charge in [-0.3, -0.25) is 0 Å². The van der Waals surface area contributed by atoms with E-state index in [0.717, 1.165) is 32.6 Å². The number of amides is 1. The molecular formula is C9H16N2O2. The van der Waals surface area contributed by atoms with Crippen LogP contribution < -0.4 is 5.32 Å². The molecule has 4 nitrogen and oxygen atoms in total. The third-order valence-corrected chi connectivity index (χ3v) is 3.26. The lowest BCUT2D eigenvalue weighted by Crippen LogP contribution is -2.28. The molecule has 2 atom stereocenters. The summed E-state index contributed by atoms with van der Waals surface area (Å²) < 4.78 is 0. The van der Waals surface area contributed by atoms with Gasteiger partial charge in [-0.1, -0.05) is 0 Å². The van der Waals surface area contributed by atoms with Gasteiger partial charge in [-0.15, -0.1) is 0 Å². The fraction of sp³-hybridized carbons (Fsp3) is 0.889. The summed E-state index contributed by atoms with van der Waals surface area (Å²) in [6.45, 7) is 3.67. The van der Waals surface area contributed by atoms with Crippen molar-refractivity contribution in [1.82, 2.24) is 10.2 Å². The first-order valence-corrected chi connectivity index (χ1v) is 4.96.